The van der Waals surface area contributed by atoms with Crippen LogP contribution in [-0.2, 0) is 0 Å². The van der Waals surface area contributed by atoms with E-state index in [-0.39, 0.29) is 16.3 Å². The van der Waals surface area contributed by atoms with E-state index in [1.54, 1.807) is 48.5 Å². The van der Waals surface area contributed by atoms with Crippen molar-refractivity contribution >= 4 is 68.1 Å². The molecule has 1 amide bonds. The molecule has 0 fully saturated rings. The lowest BCUT2D eigenvalue weighted by Crippen LogP contribution is -2.18. The number of amides is 1. The molecule has 7 nitrogen and oxygen atoms in total. The Labute approximate surface area is 254 Å². The zero-order chi connectivity index (χ0) is 28.9. The van der Waals surface area contributed by atoms with Gasteiger partial charge in [-0.15, -0.1) is 0 Å². The van der Waals surface area contributed by atoms with E-state index in [9.17, 15) is 9.59 Å². The summed E-state index contributed by atoms with van der Waals surface area (Å²) in [5, 5.41) is 5.71. The van der Waals surface area contributed by atoms with E-state index < -0.39 is 11.9 Å². The second-order valence-electron chi connectivity index (χ2n) is 8.76. The fourth-order valence-electron chi connectivity index (χ4n) is 4.26. The van der Waals surface area contributed by atoms with Crippen LogP contribution in [0.3, 0.4) is 0 Å². The molecule has 0 atom stereocenters. The fraction of sp³-hybridized carbons (Fsp3) is 0.0645. The third-order valence-electron chi connectivity index (χ3n) is 6.06. The summed E-state index contributed by atoms with van der Waals surface area (Å²) in [6, 6.07) is 24.8. The summed E-state index contributed by atoms with van der Waals surface area (Å²) in [4.78, 5) is 29.1. The Hall–Kier alpha value is -4.11. The number of hydrogen-bond donors (Lipinski definition) is 2. The third-order valence-corrected chi connectivity index (χ3v) is 7.14. The average molecular weight is 651 g/mol. The highest BCUT2D eigenvalue weighted by molar-refractivity contribution is 9.10. The first-order valence-electron chi connectivity index (χ1n) is 12.5. The summed E-state index contributed by atoms with van der Waals surface area (Å²) >= 11 is 16.1. The number of aromatic amines is 1. The zero-order valence-corrected chi connectivity index (χ0v) is 24.7. The molecule has 0 radical (unpaired) electrons. The summed E-state index contributed by atoms with van der Waals surface area (Å²) in [5.74, 6) is -0.485. The van der Waals surface area contributed by atoms with Crippen LogP contribution in [0.5, 0.6) is 11.5 Å². The first-order valence-corrected chi connectivity index (χ1v) is 14.0. The van der Waals surface area contributed by atoms with E-state index >= 15 is 0 Å². The number of halogens is 3. The first-order chi connectivity index (χ1) is 19.9. The lowest BCUT2D eigenvalue weighted by atomic mass is 10.0. The monoisotopic (exact) mass is 649 g/mol. The summed E-state index contributed by atoms with van der Waals surface area (Å²) in [5.41, 5.74) is 5.96. The summed E-state index contributed by atoms with van der Waals surface area (Å²) < 4.78 is 12.0. The maximum absolute atomic E-state index is 13.3. The van der Waals surface area contributed by atoms with Crippen LogP contribution in [0, 0.1) is 0 Å². The molecule has 1 heterocycles. The Kier molecular flexibility index (Phi) is 8.73. The van der Waals surface area contributed by atoms with Crippen molar-refractivity contribution in [2.24, 2.45) is 5.10 Å². The second kappa shape index (κ2) is 12.6. The van der Waals surface area contributed by atoms with Crippen molar-refractivity contribution in [3.8, 4) is 22.6 Å². The predicted octanol–water partition coefficient (Wildman–Crippen LogP) is 8.29. The molecule has 5 rings (SSSR count). The number of nitrogens with zero attached hydrogens (tertiary/aromatic N) is 1. The van der Waals surface area contributed by atoms with Crippen molar-refractivity contribution in [2.45, 2.75) is 6.92 Å². The molecule has 0 saturated heterocycles. The smallest absolute Gasteiger partial charge is 0.345 e. The molecule has 0 saturated carbocycles. The number of nitrogens with one attached hydrogen (secondary N) is 2. The Morgan fingerprint density at radius 3 is 2.46 bits per heavy atom. The van der Waals surface area contributed by atoms with Crippen molar-refractivity contribution in [3.05, 3.63) is 116 Å². The van der Waals surface area contributed by atoms with Gasteiger partial charge in [0, 0.05) is 15.4 Å². The first kappa shape index (κ1) is 28.4. The molecule has 41 heavy (non-hydrogen) atoms. The van der Waals surface area contributed by atoms with Crippen molar-refractivity contribution < 1.29 is 19.1 Å². The standard InChI is InChI=1S/C31H22BrCl2N3O4/c1-2-40-26-14-18(12-13-25(26)41-31(39)21-10-6-7-11-23(21)33)17-35-37-30(38)29-27(19-8-4-3-5-9-19)22-15-20(32)16-24(34)28(22)36-29/h3-17,36H,2H2,1H3,(H,37,38). The molecule has 1 aromatic heterocycles. The van der Waals surface area contributed by atoms with E-state index in [1.807, 2.05) is 43.3 Å². The van der Waals surface area contributed by atoms with Crippen LogP contribution < -0.4 is 14.9 Å². The van der Waals surface area contributed by atoms with Gasteiger partial charge in [-0.25, -0.2) is 10.2 Å². The number of hydrazone groups is 1. The molecule has 4 aromatic carbocycles. The summed E-state index contributed by atoms with van der Waals surface area (Å²) in [6.07, 6.45) is 1.47. The van der Waals surface area contributed by atoms with Gasteiger partial charge in [0.05, 0.1) is 33.9 Å². The molecule has 0 bridgehead atoms. The van der Waals surface area contributed by atoms with Gasteiger partial charge in [0.25, 0.3) is 5.91 Å². The van der Waals surface area contributed by atoms with Gasteiger partial charge in [0.2, 0.25) is 0 Å². The molecule has 206 valence electrons. The van der Waals surface area contributed by atoms with Gasteiger partial charge in [-0.3, -0.25) is 4.79 Å². The van der Waals surface area contributed by atoms with Crippen LogP contribution in [0.15, 0.2) is 94.5 Å². The highest BCUT2D eigenvalue weighted by Gasteiger charge is 2.21. The van der Waals surface area contributed by atoms with Gasteiger partial charge < -0.3 is 14.5 Å². The molecule has 0 spiro atoms. The number of aromatic nitrogens is 1. The van der Waals surface area contributed by atoms with Gasteiger partial charge in [-0.05, 0) is 60.5 Å². The predicted molar refractivity (Wildman–Crippen MR) is 166 cm³/mol. The summed E-state index contributed by atoms with van der Waals surface area (Å²) in [6.45, 7) is 2.16. The highest BCUT2D eigenvalue weighted by Crippen LogP contribution is 2.37. The fourth-order valence-corrected chi connectivity index (χ4v) is 5.32. The van der Waals surface area contributed by atoms with Crippen molar-refractivity contribution in [1.29, 1.82) is 0 Å². The number of rotatable bonds is 8. The Bertz CT molecular complexity index is 1790. The minimum absolute atomic E-state index is 0.228. The topological polar surface area (TPSA) is 92.8 Å². The van der Waals surface area contributed by atoms with Gasteiger partial charge in [-0.2, -0.15) is 5.10 Å². The van der Waals surface area contributed by atoms with E-state index in [0.29, 0.717) is 39.7 Å². The number of fused-ring (bicyclic) bond motifs is 1. The van der Waals surface area contributed by atoms with Gasteiger partial charge in [-0.1, -0.05) is 81.6 Å². The van der Waals surface area contributed by atoms with E-state index in [4.69, 9.17) is 32.7 Å². The number of carbonyl (C=O) groups is 2. The number of esters is 1. The van der Waals surface area contributed by atoms with Crippen LogP contribution in [0.4, 0.5) is 0 Å². The zero-order valence-electron chi connectivity index (χ0n) is 21.6. The van der Waals surface area contributed by atoms with Crippen LogP contribution in [0.2, 0.25) is 10.0 Å². The number of H-pyrrole nitrogens is 1. The normalized spacial score (nSPS) is 11.1. The van der Waals surface area contributed by atoms with Crippen molar-refractivity contribution in [1.82, 2.24) is 10.4 Å². The highest BCUT2D eigenvalue weighted by atomic mass is 79.9. The number of carbonyl (C=O) groups excluding carboxylic acids is 2. The maximum atomic E-state index is 13.3. The molecular weight excluding hydrogens is 629 g/mol. The quantitative estimate of drug-likeness (QED) is 0.0765. The van der Waals surface area contributed by atoms with Crippen LogP contribution in [0.25, 0.3) is 22.0 Å². The van der Waals surface area contributed by atoms with Gasteiger partial charge >= 0.3 is 5.97 Å². The third kappa shape index (κ3) is 6.30. The van der Waals surface area contributed by atoms with Crippen molar-refractivity contribution in [3.63, 3.8) is 0 Å². The Balaban J connectivity index is 1.38. The molecule has 0 aliphatic rings. The number of ether oxygens (including phenoxy) is 2. The van der Waals surface area contributed by atoms with Gasteiger partial charge in [0.15, 0.2) is 11.5 Å². The Morgan fingerprint density at radius 1 is 0.951 bits per heavy atom. The van der Waals surface area contributed by atoms with Crippen LogP contribution >= 0.6 is 39.1 Å². The molecule has 0 aliphatic heterocycles. The minimum atomic E-state index is -0.607. The average Bonchev–Trinajstić information content (AvgIpc) is 3.35. The van der Waals surface area contributed by atoms with Crippen LogP contribution in [-0.4, -0.2) is 29.7 Å². The van der Waals surface area contributed by atoms with Gasteiger partial charge in [0.1, 0.15) is 5.69 Å². The lowest BCUT2D eigenvalue weighted by Gasteiger charge is -2.12. The van der Waals surface area contributed by atoms with E-state index in [1.165, 1.54) is 6.21 Å². The molecule has 0 unspecified atom stereocenters. The van der Waals surface area contributed by atoms with Crippen molar-refractivity contribution in [2.75, 3.05) is 6.61 Å². The second-order valence-corrected chi connectivity index (χ2v) is 10.5. The number of benzene rings is 4. The molecule has 5 aromatic rings. The number of hydrogen-bond acceptors (Lipinski definition) is 5. The molecular formula is C31H22BrCl2N3O4. The molecule has 10 heteroatoms. The molecule has 2 N–H and O–H groups in total. The largest absolute Gasteiger partial charge is 0.490 e. The lowest BCUT2D eigenvalue weighted by molar-refractivity contribution is 0.0728. The summed E-state index contributed by atoms with van der Waals surface area (Å²) in [7, 11) is 0. The minimum Gasteiger partial charge on any atom is -0.490 e. The van der Waals surface area contributed by atoms with E-state index in [2.05, 4.69) is 31.4 Å². The molecule has 0 aliphatic carbocycles. The van der Waals surface area contributed by atoms with Crippen LogP contribution in [0.1, 0.15) is 33.3 Å². The Morgan fingerprint density at radius 2 is 1.71 bits per heavy atom. The maximum Gasteiger partial charge on any atom is 0.345 e. The van der Waals surface area contributed by atoms with E-state index in [0.717, 1.165) is 15.4 Å². The SMILES string of the molecule is CCOc1cc(C=NNC(=O)c2[nH]c3c(Cl)cc(Br)cc3c2-c2ccccc2)ccc1OC(=O)c1ccccc1Cl.